The number of nitrogens with zero attached hydrogens (tertiary/aromatic N) is 1. The van der Waals surface area contributed by atoms with E-state index in [4.69, 9.17) is 0 Å². The summed E-state index contributed by atoms with van der Waals surface area (Å²) in [6.45, 7) is 10.9. The Bertz CT molecular complexity index is 58.1. The van der Waals surface area contributed by atoms with Crippen molar-refractivity contribution in [2.75, 3.05) is 26.4 Å². The fourth-order valence-electron chi connectivity index (χ4n) is 0.790. The van der Waals surface area contributed by atoms with Crippen molar-refractivity contribution in [3.8, 4) is 0 Å². The Morgan fingerprint density at radius 1 is 1.00 bits per heavy atom. The number of hydrogen-bond acceptors (Lipinski definition) is 2. The largest absolute Gasteiger partial charge is 0.307 e. The van der Waals surface area contributed by atoms with Crippen LogP contribution in [0.5, 0.6) is 0 Å². The molecule has 0 N–H and O–H groups in total. The molecule has 0 aliphatic carbocycles. The van der Waals surface area contributed by atoms with Gasteiger partial charge in [-0.05, 0) is 32.8 Å². The molecule has 0 saturated heterocycles. The molecule has 13 heavy (non-hydrogen) atoms. The van der Waals surface area contributed by atoms with E-state index in [-0.39, 0.29) is 0 Å². The van der Waals surface area contributed by atoms with Crippen LogP contribution in [-0.4, -0.2) is 31.3 Å². The lowest BCUT2D eigenvalue weighted by Gasteiger charge is -2.12. The standard InChI is InChI=1S/C8H19N.C2H6.CH4S/c1-4-6-7-8-9(3)5-2;2*1-2/h4-8H2,1-3H3;1-2H3;2H,1H3. The molecular formula is C11H29NS. The zero-order valence-corrected chi connectivity index (χ0v) is 11.3. The van der Waals surface area contributed by atoms with Crippen molar-refractivity contribution in [3.05, 3.63) is 0 Å². The topological polar surface area (TPSA) is 3.24 Å². The average molecular weight is 207 g/mol. The predicted molar refractivity (Wildman–Crippen MR) is 69.0 cm³/mol. The van der Waals surface area contributed by atoms with Gasteiger partial charge in [-0.2, -0.15) is 12.6 Å². The Morgan fingerprint density at radius 3 is 1.77 bits per heavy atom. The first-order chi connectivity index (χ1) is 6.31. The summed E-state index contributed by atoms with van der Waals surface area (Å²) in [5.41, 5.74) is 0. The highest BCUT2D eigenvalue weighted by molar-refractivity contribution is 7.79. The van der Waals surface area contributed by atoms with Gasteiger partial charge in [-0.1, -0.05) is 40.5 Å². The van der Waals surface area contributed by atoms with Gasteiger partial charge in [0.25, 0.3) is 0 Å². The Labute approximate surface area is 91.3 Å². The first-order valence-electron chi connectivity index (χ1n) is 5.44. The normalized spacial score (nSPS) is 8.31. The zero-order chi connectivity index (χ0) is 11.1. The Hall–Kier alpha value is 0.310. The van der Waals surface area contributed by atoms with Gasteiger partial charge < -0.3 is 4.90 Å². The van der Waals surface area contributed by atoms with Gasteiger partial charge in [-0.15, -0.1) is 0 Å². The number of hydrogen-bond donors (Lipinski definition) is 1. The third-order valence-corrected chi connectivity index (χ3v) is 1.68. The van der Waals surface area contributed by atoms with Crippen LogP contribution >= 0.6 is 12.6 Å². The monoisotopic (exact) mass is 207 g/mol. The van der Waals surface area contributed by atoms with Gasteiger partial charge in [0.2, 0.25) is 0 Å². The van der Waals surface area contributed by atoms with Gasteiger partial charge in [-0.25, -0.2) is 0 Å². The lowest BCUT2D eigenvalue weighted by Crippen LogP contribution is -2.18. The molecule has 0 bridgehead atoms. The summed E-state index contributed by atoms with van der Waals surface area (Å²) in [7, 11) is 2.18. The molecule has 2 heteroatoms. The summed E-state index contributed by atoms with van der Waals surface area (Å²) in [6.07, 6.45) is 5.77. The molecule has 0 heterocycles. The molecule has 0 amide bonds. The van der Waals surface area contributed by atoms with Gasteiger partial charge in [0.05, 0.1) is 0 Å². The summed E-state index contributed by atoms with van der Waals surface area (Å²) in [4.78, 5) is 2.36. The molecule has 0 aromatic rings. The Morgan fingerprint density at radius 2 is 1.46 bits per heavy atom. The molecule has 1 nitrogen and oxygen atoms in total. The molecular weight excluding hydrogens is 178 g/mol. The Balaban J connectivity index is -0.000000218. The molecule has 0 spiro atoms. The fourth-order valence-corrected chi connectivity index (χ4v) is 0.790. The molecule has 0 rings (SSSR count). The third kappa shape index (κ3) is 24.5. The minimum atomic E-state index is 1.18. The molecule has 0 unspecified atom stereocenters. The van der Waals surface area contributed by atoms with Crippen LogP contribution in [0.3, 0.4) is 0 Å². The van der Waals surface area contributed by atoms with E-state index in [9.17, 15) is 0 Å². The van der Waals surface area contributed by atoms with Crippen LogP contribution < -0.4 is 0 Å². The molecule has 84 valence electrons. The van der Waals surface area contributed by atoms with Gasteiger partial charge in [0.1, 0.15) is 0 Å². The maximum absolute atomic E-state index is 3.53. The highest BCUT2D eigenvalue weighted by Crippen LogP contribution is 1.94. The smallest absolute Gasteiger partial charge is 0.00219 e. The van der Waals surface area contributed by atoms with Crippen molar-refractivity contribution in [2.45, 2.75) is 47.0 Å². The quantitative estimate of drug-likeness (QED) is 0.531. The van der Waals surface area contributed by atoms with Crippen molar-refractivity contribution in [1.29, 1.82) is 0 Å². The van der Waals surface area contributed by atoms with Crippen LogP contribution in [0.2, 0.25) is 0 Å². The molecule has 0 atom stereocenters. The maximum Gasteiger partial charge on any atom is -0.00219 e. The molecule has 0 aliphatic heterocycles. The molecule has 0 aliphatic rings. The molecule has 0 aromatic heterocycles. The van der Waals surface area contributed by atoms with Gasteiger partial charge in [0.15, 0.2) is 0 Å². The lowest BCUT2D eigenvalue weighted by molar-refractivity contribution is 0.343. The second-order valence-corrected chi connectivity index (χ2v) is 2.60. The summed E-state index contributed by atoms with van der Waals surface area (Å²) in [6, 6.07) is 0. The highest BCUT2D eigenvalue weighted by atomic mass is 32.1. The van der Waals surface area contributed by atoms with Crippen LogP contribution in [0.1, 0.15) is 47.0 Å². The zero-order valence-electron chi connectivity index (χ0n) is 10.4. The van der Waals surface area contributed by atoms with Crippen LogP contribution in [0.4, 0.5) is 0 Å². The summed E-state index contributed by atoms with van der Waals surface area (Å²) in [5, 5.41) is 0. The fraction of sp³-hybridized carbons (Fsp3) is 1.00. The lowest BCUT2D eigenvalue weighted by atomic mass is 10.2. The first kappa shape index (κ1) is 19.0. The number of rotatable bonds is 5. The second kappa shape index (κ2) is 22.8. The van der Waals surface area contributed by atoms with Crippen molar-refractivity contribution < 1.29 is 0 Å². The number of unbranched alkanes of at least 4 members (excludes halogenated alkanes) is 2. The molecule has 0 radical (unpaired) electrons. The van der Waals surface area contributed by atoms with Crippen molar-refractivity contribution in [2.24, 2.45) is 0 Å². The minimum absolute atomic E-state index is 1.18. The Kier molecular flexibility index (Phi) is 33.3. The van der Waals surface area contributed by atoms with E-state index in [0.29, 0.717) is 0 Å². The molecule has 0 aromatic carbocycles. The summed E-state index contributed by atoms with van der Waals surface area (Å²) in [5.74, 6) is 0. The maximum atomic E-state index is 3.53. The summed E-state index contributed by atoms with van der Waals surface area (Å²) >= 11 is 3.53. The first-order valence-corrected chi connectivity index (χ1v) is 6.34. The third-order valence-electron chi connectivity index (χ3n) is 1.68. The van der Waals surface area contributed by atoms with Crippen LogP contribution in [-0.2, 0) is 0 Å². The molecule has 0 fully saturated rings. The predicted octanol–water partition coefficient (Wildman–Crippen LogP) is 3.70. The second-order valence-electron chi connectivity index (χ2n) is 2.60. The number of thiol groups is 1. The highest BCUT2D eigenvalue weighted by Gasteiger charge is 1.91. The SMILES string of the molecule is CC.CCCCCN(C)CC.CS. The molecule has 0 saturated carbocycles. The van der Waals surface area contributed by atoms with Crippen LogP contribution in [0.15, 0.2) is 0 Å². The van der Waals surface area contributed by atoms with E-state index in [1.165, 1.54) is 32.4 Å². The van der Waals surface area contributed by atoms with E-state index in [2.05, 4.69) is 38.4 Å². The van der Waals surface area contributed by atoms with E-state index in [1.807, 2.05) is 13.8 Å². The van der Waals surface area contributed by atoms with E-state index >= 15 is 0 Å². The minimum Gasteiger partial charge on any atom is -0.307 e. The van der Waals surface area contributed by atoms with E-state index in [1.54, 1.807) is 6.26 Å². The van der Waals surface area contributed by atoms with E-state index < -0.39 is 0 Å². The van der Waals surface area contributed by atoms with Crippen molar-refractivity contribution in [3.63, 3.8) is 0 Å². The van der Waals surface area contributed by atoms with Gasteiger partial charge >= 0.3 is 0 Å². The summed E-state index contributed by atoms with van der Waals surface area (Å²) < 4.78 is 0. The van der Waals surface area contributed by atoms with Crippen LogP contribution in [0, 0.1) is 0 Å². The van der Waals surface area contributed by atoms with Gasteiger partial charge in [-0.3, -0.25) is 0 Å². The van der Waals surface area contributed by atoms with Gasteiger partial charge in [0, 0.05) is 0 Å². The average Bonchev–Trinajstić information content (AvgIpc) is 2.24. The van der Waals surface area contributed by atoms with E-state index in [0.717, 1.165) is 0 Å². The van der Waals surface area contributed by atoms with Crippen LogP contribution in [0.25, 0.3) is 0 Å². The van der Waals surface area contributed by atoms with Crippen molar-refractivity contribution >= 4 is 12.6 Å². The van der Waals surface area contributed by atoms with Crippen molar-refractivity contribution in [1.82, 2.24) is 4.90 Å².